The van der Waals surface area contributed by atoms with Gasteiger partial charge in [0.2, 0.25) is 0 Å². The largest absolute Gasteiger partial charge is 0.382 e. The number of pyridine rings is 1. The summed E-state index contributed by atoms with van der Waals surface area (Å²) >= 11 is 0. The van der Waals surface area contributed by atoms with E-state index < -0.39 is 0 Å². The Balaban J connectivity index is 2.21. The van der Waals surface area contributed by atoms with Gasteiger partial charge < -0.3 is 10.6 Å². The van der Waals surface area contributed by atoms with Crippen LogP contribution in [0.4, 0.5) is 11.5 Å². The monoisotopic (exact) mass is 191 g/mol. The van der Waals surface area contributed by atoms with Gasteiger partial charge in [-0.2, -0.15) is 0 Å². The lowest BCUT2D eigenvalue weighted by molar-refractivity contribution is 0.494. The molecule has 1 aromatic heterocycles. The minimum absolute atomic E-state index is 0.647. The Morgan fingerprint density at radius 3 is 2.57 bits per heavy atom. The van der Waals surface area contributed by atoms with Crippen molar-refractivity contribution in [3.8, 4) is 0 Å². The number of hydrogen-bond donors (Lipinski definition) is 1. The van der Waals surface area contributed by atoms with Crippen LogP contribution in [0, 0.1) is 11.8 Å². The van der Waals surface area contributed by atoms with Crippen molar-refractivity contribution in [1.82, 2.24) is 4.98 Å². The van der Waals surface area contributed by atoms with Crippen LogP contribution >= 0.6 is 0 Å². The topological polar surface area (TPSA) is 42.2 Å². The molecule has 0 radical (unpaired) electrons. The summed E-state index contributed by atoms with van der Waals surface area (Å²) in [5.74, 6) is 2.14. The van der Waals surface area contributed by atoms with E-state index in [-0.39, 0.29) is 0 Å². The van der Waals surface area contributed by atoms with Crippen LogP contribution in [0.3, 0.4) is 0 Å². The van der Waals surface area contributed by atoms with E-state index in [9.17, 15) is 0 Å². The molecule has 0 bridgehead atoms. The second kappa shape index (κ2) is 3.48. The van der Waals surface area contributed by atoms with Crippen LogP contribution in [0.25, 0.3) is 0 Å². The highest BCUT2D eigenvalue weighted by Crippen LogP contribution is 2.29. The molecule has 1 fully saturated rings. The van der Waals surface area contributed by atoms with E-state index in [1.54, 1.807) is 6.20 Å². The predicted molar refractivity (Wildman–Crippen MR) is 59.2 cm³/mol. The van der Waals surface area contributed by atoms with Crippen molar-refractivity contribution in [1.29, 1.82) is 0 Å². The number of anilines is 2. The molecular formula is C11H17N3. The minimum atomic E-state index is 0.647. The van der Waals surface area contributed by atoms with Crippen LogP contribution in [0.2, 0.25) is 0 Å². The molecule has 0 saturated carbocycles. The molecule has 2 rings (SSSR count). The number of hydrogen-bond acceptors (Lipinski definition) is 3. The molecule has 0 aromatic carbocycles. The summed E-state index contributed by atoms with van der Waals surface area (Å²) in [5, 5.41) is 0. The normalized spacial score (nSPS) is 26.9. The van der Waals surface area contributed by atoms with E-state index in [0.29, 0.717) is 5.82 Å². The second-order valence-corrected chi connectivity index (χ2v) is 4.27. The number of aromatic nitrogens is 1. The summed E-state index contributed by atoms with van der Waals surface area (Å²) in [6.45, 7) is 6.77. The van der Waals surface area contributed by atoms with Crippen LogP contribution in [0.15, 0.2) is 18.3 Å². The van der Waals surface area contributed by atoms with E-state index >= 15 is 0 Å². The molecule has 3 heteroatoms. The first-order valence-corrected chi connectivity index (χ1v) is 5.14. The molecule has 0 amide bonds. The highest BCUT2D eigenvalue weighted by atomic mass is 15.2. The van der Waals surface area contributed by atoms with Crippen LogP contribution in [-0.2, 0) is 0 Å². The average Bonchev–Trinajstić information content (AvgIpc) is 2.48. The summed E-state index contributed by atoms with van der Waals surface area (Å²) < 4.78 is 0. The number of rotatable bonds is 1. The zero-order chi connectivity index (χ0) is 10.1. The summed E-state index contributed by atoms with van der Waals surface area (Å²) in [6, 6.07) is 3.99. The van der Waals surface area contributed by atoms with Crippen molar-refractivity contribution in [2.75, 3.05) is 23.7 Å². The Kier molecular flexibility index (Phi) is 2.32. The molecule has 2 unspecified atom stereocenters. The Labute approximate surface area is 84.9 Å². The molecule has 3 nitrogen and oxygen atoms in total. The minimum Gasteiger partial charge on any atom is -0.382 e. The molecule has 0 spiro atoms. The highest BCUT2D eigenvalue weighted by molar-refractivity contribution is 5.63. The van der Waals surface area contributed by atoms with E-state index in [4.69, 9.17) is 5.73 Å². The first-order valence-electron chi connectivity index (χ1n) is 5.14. The Morgan fingerprint density at radius 1 is 1.36 bits per heavy atom. The molecule has 1 aliphatic rings. The third kappa shape index (κ3) is 1.54. The lowest BCUT2D eigenvalue weighted by Crippen LogP contribution is -2.21. The van der Waals surface area contributed by atoms with Crippen LogP contribution in [0.5, 0.6) is 0 Å². The fourth-order valence-corrected chi connectivity index (χ4v) is 2.00. The fourth-order valence-electron chi connectivity index (χ4n) is 2.00. The Hall–Kier alpha value is -1.25. The molecule has 76 valence electrons. The van der Waals surface area contributed by atoms with Gasteiger partial charge in [0.05, 0.1) is 5.69 Å². The van der Waals surface area contributed by atoms with Gasteiger partial charge >= 0.3 is 0 Å². The lowest BCUT2D eigenvalue weighted by Gasteiger charge is -2.19. The summed E-state index contributed by atoms with van der Waals surface area (Å²) in [6.07, 6.45) is 1.74. The summed E-state index contributed by atoms with van der Waals surface area (Å²) in [7, 11) is 0. The lowest BCUT2D eigenvalue weighted by atomic mass is 10.0. The van der Waals surface area contributed by atoms with Gasteiger partial charge in [-0.25, -0.2) is 4.98 Å². The number of nitrogens with two attached hydrogens (primary N) is 1. The third-order valence-electron chi connectivity index (χ3n) is 3.15. The molecule has 2 N–H and O–H groups in total. The zero-order valence-electron chi connectivity index (χ0n) is 8.77. The summed E-state index contributed by atoms with van der Waals surface area (Å²) in [5.41, 5.74) is 6.93. The smallest absolute Gasteiger partial charge is 0.146 e. The SMILES string of the molecule is CC1CN(c2cccnc2N)CC1C. The van der Waals surface area contributed by atoms with Gasteiger partial charge in [-0.05, 0) is 24.0 Å². The number of nitrogen functional groups attached to an aromatic ring is 1. The molecule has 2 atom stereocenters. The van der Waals surface area contributed by atoms with Gasteiger partial charge in [0.15, 0.2) is 0 Å². The van der Waals surface area contributed by atoms with E-state index in [1.165, 1.54) is 0 Å². The van der Waals surface area contributed by atoms with Gasteiger partial charge in [0.25, 0.3) is 0 Å². The van der Waals surface area contributed by atoms with E-state index in [2.05, 4.69) is 23.7 Å². The molecule has 14 heavy (non-hydrogen) atoms. The van der Waals surface area contributed by atoms with Gasteiger partial charge in [-0.1, -0.05) is 13.8 Å². The molecule has 1 saturated heterocycles. The summed E-state index contributed by atoms with van der Waals surface area (Å²) in [4.78, 5) is 6.44. The van der Waals surface area contributed by atoms with Crippen molar-refractivity contribution in [3.63, 3.8) is 0 Å². The second-order valence-electron chi connectivity index (χ2n) is 4.27. The standard InChI is InChI=1S/C11H17N3/c1-8-6-14(7-9(8)2)10-4-3-5-13-11(10)12/h3-5,8-9H,6-7H2,1-2H3,(H2,12,13). The van der Waals surface area contributed by atoms with Gasteiger partial charge in [-0.15, -0.1) is 0 Å². The van der Waals surface area contributed by atoms with Crippen LogP contribution in [0.1, 0.15) is 13.8 Å². The predicted octanol–water partition coefficient (Wildman–Crippen LogP) is 1.76. The van der Waals surface area contributed by atoms with Gasteiger partial charge in [0, 0.05) is 19.3 Å². The molecule has 0 aliphatic carbocycles. The molecule has 2 heterocycles. The third-order valence-corrected chi connectivity index (χ3v) is 3.15. The van der Waals surface area contributed by atoms with E-state index in [1.807, 2.05) is 12.1 Å². The zero-order valence-corrected chi connectivity index (χ0v) is 8.77. The van der Waals surface area contributed by atoms with Crippen LogP contribution in [-0.4, -0.2) is 18.1 Å². The van der Waals surface area contributed by atoms with Gasteiger partial charge in [0.1, 0.15) is 5.82 Å². The van der Waals surface area contributed by atoms with Crippen molar-refractivity contribution in [2.45, 2.75) is 13.8 Å². The Morgan fingerprint density at radius 2 is 2.00 bits per heavy atom. The molecule has 1 aliphatic heterocycles. The average molecular weight is 191 g/mol. The Bertz CT molecular complexity index is 314. The quantitative estimate of drug-likeness (QED) is 0.735. The van der Waals surface area contributed by atoms with Gasteiger partial charge in [-0.3, -0.25) is 0 Å². The maximum absolute atomic E-state index is 5.84. The fraction of sp³-hybridized carbons (Fsp3) is 0.545. The number of nitrogens with zero attached hydrogens (tertiary/aromatic N) is 2. The van der Waals surface area contributed by atoms with Crippen molar-refractivity contribution in [3.05, 3.63) is 18.3 Å². The molecular weight excluding hydrogens is 174 g/mol. The highest BCUT2D eigenvalue weighted by Gasteiger charge is 2.27. The van der Waals surface area contributed by atoms with Crippen molar-refractivity contribution < 1.29 is 0 Å². The van der Waals surface area contributed by atoms with Crippen molar-refractivity contribution >= 4 is 11.5 Å². The molecule has 1 aromatic rings. The first kappa shape index (κ1) is 9.31. The van der Waals surface area contributed by atoms with Crippen molar-refractivity contribution in [2.24, 2.45) is 11.8 Å². The first-order chi connectivity index (χ1) is 6.68. The maximum atomic E-state index is 5.84. The van der Waals surface area contributed by atoms with Crippen LogP contribution < -0.4 is 10.6 Å². The van der Waals surface area contributed by atoms with E-state index in [0.717, 1.165) is 30.6 Å². The maximum Gasteiger partial charge on any atom is 0.146 e.